The molecular formula is C18H19BrN2OS. The highest BCUT2D eigenvalue weighted by atomic mass is 79.9. The molecule has 5 heteroatoms. The van der Waals surface area contributed by atoms with Crippen LogP contribution in [0.25, 0.3) is 0 Å². The molecule has 120 valence electrons. The molecule has 1 atom stereocenters. The topological polar surface area (TPSA) is 32.3 Å². The van der Waals surface area contributed by atoms with E-state index in [4.69, 9.17) is 0 Å². The second-order valence-corrected chi connectivity index (χ2v) is 8.08. The molecule has 2 aromatic rings. The van der Waals surface area contributed by atoms with E-state index in [0.29, 0.717) is 18.3 Å². The lowest BCUT2D eigenvalue weighted by Crippen LogP contribution is -2.41. The quantitative estimate of drug-likeness (QED) is 0.853. The number of amides is 1. The number of thioether (sulfide) groups is 1. The molecule has 0 saturated carbocycles. The van der Waals surface area contributed by atoms with Crippen molar-refractivity contribution in [2.45, 2.75) is 23.6 Å². The van der Waals surface area contributed by atoms with Crippen molar-refractivity contribution in [1.29, 1.82) is 0 Å². The van der Waals surface area contributed by atoms with Crippen molar-refractivity contribution in [2.24, 2.45) is 0 Å². The lowest BCUT2D eigenvalue weighted by molar-refractivity contribution is -0.119. The molecule has 0 saturated heterocycles. The van der Waals surface area contributed by atoms with Gasteiger partial charge in [-0.15, -0.1) is 11.8 Å². The molecule has 0 fully saturated rings. The van der Waals surface area contributed by atoms with Gasteiger partial charge in [-0.3, -0.25) is 4.79 Å². The Hall–Kier alpha value is -1.46. The molecule has 0 aliphatic carbocycles. The first-order valence-electron chi connectivity index (χ1n) is 7.63. The molecule has 1 heterocycles. The van der Waals surface area contributed by atoms with Gasteiger partial charge >= 0.3 is 0 Å². The number of fused-ring (bicyclic) bond motifs is 1. The van der Waals surface area contributed by atoms with Crippen LogP contribution in [0.1, 0.15) is 12.5 Å². The summed E-state index contributed by atoms with van der Waals surface area (Å²) in [7, 11) is 0. The number of carbonyl (C=O) groups is 1. The van der Waals surface area contributed by atoms with Gasteiger partial charge in [0, 0.05) is 27.7 Å². The van der Waals surface area contributed by atoms with Crippen LogP contribution in [0.5, 0.6) is 0 Å². The van der Waals surface area contributed by atoms with Gasteiger partial charge in [0.25, 0.3) is 0 Å². The highest BCUT2D eigenvalue weighted by molar-refractivity contribution is 9.10. The van der Waals surface area contributed by atoms with E-state index in [1.807, 2.05) is 42.1 Å². The van der Waals surface area contributed by atoms with Crippen LogP contribution in [0, 0.1) is 0 Å². The van der Waals surface area contributed by atoms with Crippen molar-refractivity contribution in [3.8, 4) is 0 Å². The van der Waals surface area contributed by atoms with Crippen molar-refractivity contribution in [3.05, 3.63) is 58.6 Å². The van der Waals surface area contributed by atoms with E-state index < -0.39 is 0 Å². The number of benzene rings is 2. The number of carbonyl (C=O) groups excluding carboxylic acids is 1. The van der Waals surface area contributed by atoms with Gasteiger partial charge in [-0.2, -0.15) is 0 Å². The Kier molecular flexibility index (Phi) is 5.28. The Bertz CT molecular complexity index is 707. The first kappa shape index (κ1) is 16.4. The standard InChI is InChI=1S/C18H19BrN2OS/c1-13-11-21(16-7-2-3-8-17(16)23-13)12-18(22)20-10-14-5-4-6-15(19)9-14/h2-9,13H,10-12H2,1H3,(H,20,22)/t13-/m1/s1. The third kappa shape index (κ3) is 4.30. The van der Waals surface area contributed by atoms with E-state index in [0.717, 1.165) is 22.3 Å². The maximum atomic E-state index is 12.3. The van der Waals surface area contributed by atoms with Gasteiger partial charge in [0.15, 0.2) is 0 Å². The number of rotatable bonds is 4. The Morgan fingerprint density at radius 2 is 2.13 bits per heavy atom. The van der Waals surface area contributed by atoms with Gasteiger partial charge in [-0.1, -0.05) is 47.1 Å². The lowest BCUT2D eigenvalue weighted by atomic mass is 10.2. The molecule has 0 radical (unpaired) electrons. The summed E-state index contributed by atoms with van der Waals surface area (Å²) >= 11 is 5.33. The van der Waals surface area contributed by atoms with Crippen molar-refractivity contribution in [3.63, 3.8) is 0 Å². The maximum absolute atomic E-state index is 12.3. The number of halogens is 1. The van der Waals surface area contributed by atoms with E-state index in [1.165, 1.54) is 4.90 Å². The predicted molar refractivity (Wildman–Crippen MR) is 100.0 cm³/mol. The molecule has 1 aliphatic rings. The third-order valence-corrected chi connectivity index (χ3v) is 5.37. The third-order valence-electron chi connectivity index (χ3n) is 3.72. The molecule has 3 nitrogen and oxygen atoms in total. The summed E-state index contributed by atoms with van der Waals surface area (Å²) in [6, 6.07) is 16.3. The minimum absolute atomic E-state index is 0.0545. The summed E-state index contributed by atoms with van der Waals surface area (Å²) in [5.74, 6) is 0.0545. The Morgan fingerprint density at radius 1 is 1.30 bits per heavy atom. The minimum Gasteiger partial charge on any atom is -0.360 e. The number of nitrogens with one attached hydrogen (secondary N) is 1. The van der Waals surface area contributed by atoms with Crippen LogP contribution in [0.2, 0.25) is 0 Å². The van der Waals surface area contributed by atoms with Crippen LogP contribution < -0.4 is 10.2 Å². The molecular weight excluding hydrogens is 372 g/mol. The summed E-state index contributed by atoms with van der Waals surface area (Å²) in [4.78, 5) is 15.7. The molecule has 0 unspecified atom stereocenters. The molecule has 0 spiro atoms. The maximum Gasteiger partial charge on any atom is 0.239 e. The van der Waals surface area contributed by atoms with Crippen LogP contribution in [0.4, 0.5) is 5.69 Å². The number of hydrogen-bond donors (Lipinski definition) is 1. The second kappa shape index (κ2) is 7.41. The summed E-state index contributed by atoms with van der Waals surface area (Å²) in [5, 5.41) is 3.50. The monoisotopic (exact) mass is 390 g/mol. The van der Waals surface area contributed by atoms with Gasteiger partial charge in [0.05, 0.1) is 12.2 Å². The predicted octanol–water partition coefficient (Wildman–Crippen LogP) is 4.07. The lowest BCUT2D eigenvalue weighted by Gasteiger charge is -2.33. The second-order valence-electron chi connectivity index (χ2n) is 5.68. The van der Waals surface area contributed by atoms with Crippen molar-refractivity contribution in [1.82, 2.24) is 5.32 Å². The van der Waals surface area contributed by atoms with E-state index in [2.05, 4.69) is 51.3 Å². The zero-order valence-corrected chi connectivity index (χ0v) is 15.4. The van der Waals surface area contributed by atoms with Gasteiger partial charge < -0.3 is 10.2 Å². The first-order valence-corrected chi connectivity index (χ1v) is 9.31. The molecule has 0 aromatic heterocycles. The molecule has 2 aromatic carbocycles. The van der Waals surface area contributed by atoms with Crippen molar-refractivity contribution in [2.75, 3.05) is 18.0 Å². The molecule has 1 aliphatic heterocycles. The number of nitrogens with zero attached hydrogens (tertiary/aromatic N) is 1. The van der Waals surface area contributed by atoms with E-state index >= 15 is 0 Å². The fourth-order valence-electron chi connectivity index (χ4n) is 2.71. The SMILES string of the molecule is C[C@@H]1CN(CC(=O)NCc2cccc(Br)c2)c2ccccc2S1. The van der Waals surface area contributed by atoms with Gasteiger partial charge in [-0.05, 0) is 29.8 Å². The van der Waals surface area contributed by atoms with Crippen LogP contribution in [0.15, 0.2) is 57.9 Å². The summed E-state index contributed by atoms with van der Waals surface area (Å²) in [6.07, 6.45) is 0. The number of hydrogen-bond acceptors (Lipinski definition) is 3. The normalized spacial score (nSPS) is 16.8. The van der Waals surface area contributed by atoms with Crippen LogP contribution in [-0.4, -0.2) is 24.2 Å². The molecule has 23 heavy (non-hydrogen) atoms. The van der Waals surface area contributed by atoms with Crippen LogP contribution in [0.3, 0.4) is 0 Å². The summed E-state index contributed by atoms with van der Waals surface area (Å²) in [5.41, 5.74) is 2.25. The van der Waals surface area contributed by atoms with E-state index in [9.17, 15) is 4.79 Å². The highest BCUT2D eigenvalue weighted by Gasteiger charge is 2.23. The first-order chi connectivity index (χ1) is 11.1. The van der Waals surface area contributed by atoms with Crippen LogP contribution in [-0.2, 0) is 11.3 Å². The largest absolute Gasteiger partial charge is 0.360 e. The van der Waals surface area contributed by atoms with Crippen molar-refractivity contribution >= 4 is 39.3 Å². The molecule has 1 N–H and O–H groups in total. The smallest absolute Gasteiger partial charge is 0.239 e. The van der Waals surface area contributed by atoms with Crippen molar-refractivity contribution < 1.29 is 4.79 Å². The van der Waals surface area contributed by atoms with E-state index in [1.54, 1.807) is 0 Å². The molecule has 1 amide bonds. The van der Waals surface area contributed by atoms with Crippen LogP contribution >= 0.6 is 27.7 Å². The number of para-hydroxylation sites is 1. The van der Waals surface area contributed by atoms with Gasteiger partial charge in [0.2, 0.25) is 5.91 Å². The zero-order valence-electron chi connectivity index (χ0n) is 13.0. The molecule has 0 bridgehead atoms. The number of anilines is 1. The van der Waals surface area contributed by atoms with E-state index in [-0.39, 0.29) is 5.91 Å². The Labute approximate surface area is 149 Å². The fraction of sp³-hybridized carbons (Fsp3) is 0.278. The highest BCUT2D eigenvalue weighted by Crippen LogP contribution is 2.37. The van der Waals surface area contributed by atoms with Gasteiger partial charge in [-0.25, -0.2) is 0 Å². The average Bonchev–Trinajstić information content (AvgIpc) is 2.53. The zero-order chi connectivity index (χ0) is 16.2. The Balaban J connectivity index is 1.62. The minimum atomic E-state index is 0.0545. The Morgan fingerprint density at radius 3 is 2.96 bits per heavy atom. The summed E-state index contributed by atoms with van der Waals surface area (Å²) in [6.45, 7) is 4.05. The fourth-order valence-corrected chi connectivity index (χ4v) is 4.32. The summed E-state index contributed by atoms with van der Waals surface area (Å²) < 4.78 is 1.03. The molecule has 3 rings (SSSR count). The van der Waals surface area contributed by atoms with Gasteiger partial charge in [0.1, 0.15) is 0 Å². The average molecular weight is 391 g/mol.